The molecule has 1 fully saturated rings. The molecular formula is C14H17FN2O2. The van der Waals surface area contributed by atoms with E-state index >= 15 is 0 Å². The number of alkyl halides is 1. The predicted octanol–water partition coefficient (Wildman–Crippen LogP) is 1.22. The van der Waals surface area contributed by atoms with Gasteiger partial charge in [-0.2, -0.15) is 0 Å². The number of rotatable bonds is 4. The third kappa shape index (κ3) is 2.32. The fourth-order valence-electron chi connectivity index (χ4n) is 2.41. The Morgan fingerprint density at radius 1 is 1.32 bits per heavy atom. The molecule has 0 saturated carbocycles. The maximum atomic E-state index is 12.4. The molecule has 1 aromatic carbocycles. The van der Waals surface area contributed by atoms with Crippen LogP contribution in [-0.4, -0.2) is 36.5 Å². The van der Waals surface area contributed by atoms with E-state index in [1.54, 1.807) is 19.1 Å². The number of carbonyl (C=O) groups is 2. The summed E-state index contributed by atoms with van der Waals surface area (Å²) < 4.78 is 12.4. The van der Waals surface area contributed by atoms with Crippen molar-refractivity contribution in [1.29, 1.82) is 0 Å². The lowest BCUT2D eigenvalue weighted by Crippen LogP contribution is -2.64. The van der Waals surface area contributed by atoms with E-state index in [0.717, 1.165) is 5.56 Å². The molecule has 19 heavy (non-hydrogen) atoms. The molecule has 0 aromatic heterocycles. The van der Waals surface area contributed by atoms with Crippen LogP contribution in [0.3, 0.4) is 0 Å². The van der Waals surface area contributed by atoms with Crippen molar-refractivity contribution in [3.05, 3.63) is 35.9 Å². The zero-order valence-electron chi connectivity index (χ0n) is 10.9. The second-order valence-corrected chi connectivity index (χ2v) is 4.71. The van der Waals surface area contributed by atoms with Gasteiger partial charge in [-0.05, 0) is 18.9 Å². The normalized spacial score (nSPS) is 23.4. The van der Waals surface area contributed by atoms with Crippen LogP contribution in [0.15, 0.2) is 30.3 Å². The summed E-state index contributed by atoms with van der Waals surface area (Å²) in [5, 5.41) is 2.60. The quantitative estimate of drug-likeness (QED) is 0.889. The fraction of sp³-hybridized carbons (Fsp3) is 0.429. The van der Waals surface area contributed by atoms with Gasteiger partial charge in [-0.3, -0.25) is 14.0 Å². The number of nitrogens with one attached hydrogen (secondary N) is 1. The Kier molecular flexibility index (Phi) is 3.83. The van der Waals surface area contributed by atoms with Crippen LogP contribution in [0.2, 0.25) is 0 Å². The Balaban J connectivity index is 2.40. The Hall–Kier alpha value is -1.91. The molecule has 1 heterocycles. The highest BCUT2D eigenvalue weighted by molar-refractivity contribution is 5.98. The van der Waals surface area contributed by atoms with Crippen LogP contribution >= 0.6 is 0 Å². The lowest BCUT2D eigenvalue weighted by atomic mass is 9.87. The van der Waals surface area contributed by atoms with Crippen molar-refractivity contribution in [2.45, 2.75) is 18.9 Å². The van der Waals surface area contributed by atoms with Crippen molar-refractivity contribution in [2.24, 2.45) is 0 Å². The molecule has 0 radical (unpaired) electrons. The number of carbonyl (C=O) groups excluding carboxylic acids is 2. The Labute approximate surface area is 111 Å². The molecule has 1 saturated heterocycles. The van der Waals surface area contributed by atoms with Crippen LogP contribution in [0, 0.1) is 0 Å². The summed E-state index contributed by atoms with van der Waals surface area (Å²) in [4.78, 5) is 25.7. The molecule has 1 atom stereocenters. The maximum Gasteiger partial charge on any atom is 0.250 e. The third-order valence-electron chi connectivity index (χ3n) is 3.53. The third-order valence-corrected chi connectivity index (χ3v) is 3.53. The van der Waals surface area contributed by atoms with E-state index in [9.17, 15) is 14.0 Å². The molecule has 1 N–H and O–H groups in total. The van der Waals surface area contributed by atoms with Crippen molar-refractivity contribution in [1.82, 2.24) is 10.2 Å². The van der Waals surface area contributed by atoms with Gasteiger partial charge in [-0.15, -0.1) is 0 Å². The van der Waals surface area contributed by atoms with Gasteiger partial charge in [0, 0.05) is 6.54 Å². The van der Waals surface area contributed by atoms with Gasteiger partial charge in [0.25, 0.3) is 5.91 Å². The van der Waals surface area contributed by atoms with Gasteiger partial charge in [0.1, 0.15) is 5.54 Å². The molecule has 2 amide bonds. The Bertz CT molecular complexity index is 478. The standard InChI is InChI=1S/C14H17FN2O2/c1-14(11-6-3-2-4-7-11)13(19)16-10-12(18)17(14)9-5-8-15/h2-4,6-7H,5,8-10H2,1H3,(H,16,19). The number of amides is 2. The first kappa shape index (κ1) is 13.5. The first-order chi connectivity index (χ1) is 9.10. The molecule has 1 unspecified atom stereocenters. The lowest BCUT2D eigenvalue weighted by Gasteiger charge is -2.43. The van der Waals surface area contributed by atoms with Crippen molar-refractivity contribution < 1.29 is 14.0 Å². The highest BCUT2D eigenvalue weighted by Gasteiger charge is 2.46. The zero-order valence-corrected chi connectivity index (χ0v) is 10.9. The van der Waals surface area contributed by atoms with E-state index in [1.165, 1.54) is 4.90 Å². The number of hydrogen-bond acceptors (Lipinski definition) is 2. The summed E-state index contributed by atoms with van der Waals surface area (Å²) in [6, 6.07) is 9.10. The lowest BCUT2D eigenvalue weighted by molar-refractivity contribution is -0.153. The van der Waals surface area contributed by atoms with E-state index in [4.69, 9.17) is 0 Å². The number of benzene rings is 1. The maximum absolute atomic E-state index is 12.4. The summed E-state index contributed by atoms with van der Waals surface area (Å²) in [6.45, 7) is 1.42. The van der Waals surface area contributed by atoms with E-state index in [-0.39, 0.29) is 31.3 Å². The highest BCUT2D eigenvalue weighted by Crippen LogP contribution is 2.31. The van der Waals surface area contributed by atoms with Crippen molar-refractivity contribution in [3.8, 4) is 0 Å². The van der Waals surface area contributed by atoms with Gasteiger partial charge >= 0.3 is 0 Å². The molecule has 5 heteroatoms. The SMILES string of the molecule is CC1(c2ccccc2)C(=O)NCC(=O)N1CCCF. The second kappa shape index (κ2) is 5.38. The average molecular weight is 264 g/mol. The minimum atomic E-state index is -1.06. The first-order valence-corrected chi connectivity index (χ1v) is 6.31. The summed E-state index contributed by atoms with van der Waals surface area (Å²) in [5.74, 6) is -0.406. The zero-order chi connectivity index (χ0) is 13.9. The van der Waals surface area contributed by atoms with Crippen molar-refractivity contribution in [3.63, 3.8) is 0 Å². The monoisotopic (exact) mass is 264 g/mol. The van der Waals surface area contributed by atoms with Crippen LogP contribution < -0.4 is 5.32 Å². The smallest absolute Gasteiger partial charge is 0.250 e. The molecule has 2 rings (SSSR count). The van der Waals surface area contributed by atoms with Crippen LogP contribution in [-0.2, 0) is 15.1 Å². The highest BCUT2D eigenvalue weighted by atomic mass is 19.1. The van der Waals surface area contributed by atoms with Crippen LogP contribution in [0.25, 0.3) is 0 Å². The minimum Gasteiger partial charge on any atom is -0.345 e. The first-order valence-electron chi connectivity index (χ1n) is 6.31. The summed E-state index contributed by atoms with van der Waals surface area (Å²) in [6.07, 6.45) is 0.238. The summed E-state index contributed by atoms with van der Waals surface area (Å²) >= 11 is 0. The molecule has 1 aromatic rings. The van der Waals surface area contributed by atoms with Gasteiger partial charge in [-0.25, -0.2) is 0 Å². The topological polar surface area (TPSA) is 49.4 Å². The number of piperazine rings is 1. The van der Waals surface area contributed by atoms with Gasteiger partial charge in [0.05, 0.1) is 13.2 Å². The van der Waals surface area contributed by atoms with Crippen molar-refractivity contribution >= 4 is 11.8 Å². The Morgan fingerprint density at radius 3 is 2.63 bits per heavy atom. The predicted molar refractivity (Wildman–Crippen MR) is 69.1 cm³/mol. The van der Waals surface area contributed by atoms with E-state index in [0.29, 0.717) is 0 Å². The average Bonchev–Trinajstić information content (AvgIpc) is 2.44. The molecule has 1 aliphatic rings. The van der Waals surface area contributed by atoms with Crippen LogP contribution in [0.5, 0.6) is 0 Å². The second-order valence-electron chi connectivity index (χ2n) is 4.71. The number of halogens is 1. The Morgan fingerprint density at radius 2 is 2.00 bits per heavy atom. The van der Waals surface area contributed by atoms with Gasteiger partial charge in [0.15, 0.2) is 0 Å². The van der Waals surface area contributed by atoms with E-state index < -0.39 is 12.2 Å². The van der Waals surface area contributed by atoms with Gasteiger partial charge in [0.2, 0.25) is 5.91 Å². The van der Waals surface area contributed by atoms with E-state index in [1.807, 2.05) is 18.2 Å². The van der Waals surface area contributed by atoms with E-state index in [2.05, 4.69) is 5.32 Å². The largest absolute Gasteiger partial charge is 0.345 e. The summed E-state index contributed by atoms with van der Waals surface area (Å²) in [5.41, 5.74) is -0.328. The molecule has 0 aliphatic carbocycles. The molecular weight excluding hydrogens is 247 g/mol. The molecule has 0 bridgehead atoms. The van der Waals surface area contributed by atoms with Crippen LogP contribution in [0.4, 0.5) is 4.39 Å². The molecule has 0 spiro atoms. The van der Waals surface area contributed by atoms with Gasteiger partial charge < -0.3 is 10.2 Å². The summed E-state index contributed by atoms with van der Waals surface area (Å²) in [7, 11) is 0. The van der Waals surface area contributed by atoms with Crippen molar-refractivity contribution in [2.75, 3.05) is 19.8 Å². The molecule has 102 valence electrons. The van der Waals surface area contributed by atoms with Gasteiger partial charge in [-0.1, -0.05) is 30.3 Å². The van der Waals surface area contributed by atoms with Crippen LogP contribution in [0.1, 0.15) is 18.9 Å². The number of hydrogen-bond donors (Lipinski definition) is 1. The minimum absolute atomic E-state index is 0.0203. The number of nitrogens with zero attached hydrogens (tertiary/aromatic N) is 1. The molecule has 1 aliphatic heterocycles. The molecule has 4 nitrogen and oxygen atoms in total. The fourth-order valence-corrected chi connectivity index (χ4v) is 2.41.